The summed E-state index contributed by atoms with van der Waals surface area (Å²) < 4.78 is 0.573. The van der Waals surface area contributed by atoms with E-state index in [1.54, 1.807) is 0 Å². The summed E-state index contributed by atoms with van der Waals surface area (Å²) >= 11 is 1.95. The van der Waals surface area contributed by atoms with E-state index in [9.17, 15) is 14.9 Å². The fourth-order valence-electron chi connectivity index (χ4n) is 2.48. The van der Waals surface area contributed by atoms with Gasteiger partial charge in [-0.1, -0.05) is 18.2 Å². The predicted octanol–water partition coefficient (Wildman–Crippen LogP) is 3.85. The van der Waals surface area contributed by atoms with E-state index in [-0.39, 0.29) is 11.6 Å². The minimum absolute atomic E-state index is 0.0117. The van der Waals surface area contributed by atoms with Gasteiger partial charge in [-0.15, -0.1) is 0 Å². The number of carbonyl (C=O) groups is 1. The van der Waals surface area contributed by atoms with E-state index in [4.69, 9.17) is 0 Å². The second kappa shape index (κ2) is 9.36. The highest BCUT2D eigenvalue weighted by atomic mass is 127. The number of para-hydroxylation sites is 1. The van der Waals surface area contributed by atoms with E-state index in [2.05, 4.69) is 29.3 Å². The fourth-order valence-corrected chi connectivity index (χ4v) is 3.22. The molecular weight excluding hydrogens is 433 g/mol. The molecule has 0 radical (unpaired) electrons. The molecular formula is C18H20IN3O3. The normalized spacial score (nSPS) is 10.3. The molecule has 1 N–H and O–H groups in total. The molecule has 25 heavy (non-hydrogen) atoms. The lowest BCUT2D eigenvalue weighted by Gasteiger charge is -2.23. The lowest BCUT2D eigenvalue weighted by molar-refractivity contribution is -0.384. The maximum Gasteiger partial charge on any atom is 0.270 e. The molecule has 0 aliphatic rings. The van der Waals surface area contributed by atoms with E-state index in [0.29, 0.717) is 15.7 Å². The number of amides is 1. The summed E-state index contributed by atoms with van der Waals surface area (Å²) in [4.78, 5) is 24.8. The Morgan fingerprint density at radius 3 is 2.56 bits per heavy atom. The molecule has 0 spiro atoms. The average Bonchev–Trinajstić information content (AvgIpc) is 2.62. The summed E-state index contributed by atoms with van der Waals surface area (Å²) in [7, 11) is 0. The second-order valence-electron chi connectivity index (χ2n) is 5.45. The number of nitro benzene ring substituents is 1. The van der Waals surface area contributed by atoms with Crippen LogP contribution in [0.4, 0.5) is 11.4 Å². The Kier molecular flexibility index (Phi) is 7.17. The number of non-ortho nitro benzene ring substituents is 1. The van der Waals surface area contributed by atoms with Gasteiger partial charge in [0.25, 0.3) is 11.6 Å². The summed E-state index contributed by atoms with van der Waals surface area (Å²) in [6.45, 7) is 4.40. The van der Waals surface area contributed by atoms with Gasteiger partial charge < -0.3 is 10.2 Å². The maximum atomic E-state index is 12.2. The topological polar surface area (TPSA) is 75.5 Å². The highest BCUT2D eigenvalue weighted by Gasteiger charge is 2.14. The van der Waals surface area contributed by atoms with Crippen LogP contribution in [-0.2, 0) is 0 Å². The molecule has 2 rings (SSSR count). The molecule has 0 aliphatic carbocycles. The number of nitro groups is 1. The van der Waals surface area contributed by atoms with Crippen molar-refractivity contribution < 1.29 is 9.72 Å². The number of benzene rings is 2. The van der Waals surface area contributed by atoms with Gasteiger partial charge in [0.05, 0.1) is 10.5 Å². The molecule has 0 aromatic heterocycles. The third kappa shape index (κ3) is 5.42. The van der Waals surface area contributed by atoms with Crippen LogP contribution in [-0.4, -0.2) is 30.5 Å². The third-order valence-corrected chi connectivity index (χ3v) is 4.69. The average molecular weight is 453 g/mol. The van der Waals surface area contributed by atoms with E-state index < -0.39 is 4.92 Å². The molecule has 0 fully saturated rings. The maximum absolute atomic E-state index is 12.2. The number of nitrogens with one attached hydrogen (secondary N) is 1. The summed E-state index contributed by atoms with van der Waals surface area (Å²) in [5, 5.41) is 13.6. The first kappa shape index (κ1) is 19.2. The van der Waals surface area contributed by atoms with Crippen molar-refractivity contribution in [1.82, 2.24) is 5.32 Å². The van der Waals surface area contributed by atoms with Gasteiger partial charge in [0.2, 0.25) is 0 Å². The molecule has 0 saturated carbocycles. The Bertz CT molecular complexity index is 738. The van der Waals surface area contributed by atoms with E-state index in [1.807, 2.05) is 40.8 Å². The number of anilines is 1. The highest BCUT2D eigenvalue weighted by Crippen LogP contribution is 2.19. The van der Waals surface area contributed by atoms with Crippen molar-refractivity contribution in [3.63, 3.8) is 0 Å². The molecule has 132 valence electrons. The Morgan fingerprint density at radius 1 is 1.24 bits per heavy atom. The molecule has 0 saturated heterocycles. The number of rotatable bonds is 8. The minimum atomic E-state index is -0.466. The van der Waals surface area contributed by atoms with Crippen molar-refractivity contribution in [2.24, 2.45) is 0 Å². The van der Waals surface area contributed by atoms with Gasteiger partial charge in [-0.05, 0) is 54.1 Å². The first-order chi connectivity index (χ1) is 12.0. The molecule has 0 bridgehead atoms. The van der Waals surface area contributed by atoms with Crippen LogP contribution in [0.5, 0.6) is 0 Å². The first-order valence-electron chi connectivity index (χ1n) is 8.05. The quantitative estimate of drug-likeness (QED) is 0.285. The van der Waals surface area contributed by atoms with Crippen LogP contribution in [0.2, 0.25) is 0 Å². The minimum Gasteiger partial charge on any atom is -0.372 e. The molecule has 0 heterocycles. The van der Waals surface area contributed by atoms with Gasteiger partial charge in [-0.3, -0.25) is 14.9 Å². The first-order valence-corrected chi connectivity index (χ1v) is 9.13. The highest BCUT2D eigenvalue weighted by molar-refractivity contribution is 14.1. The zero-order chi connectivity index (χ0) is 18.2. The number of carbonyl (C=O) groups excluding carboxylic acids is 1. The molecule has 6 nitrogen and oxygen atoms in total. The van der Waals surface area contributed by atoms with Crippen LogP contribution in [0.3, 0.4) is 0 Å². The Labute approximate surface area is 160 Å². The molecule has 0 atom stereocenters. The van der Waals surface area contributed by atoms with Crippen molar-refractivity contribution in [3.8, 4) is 0 Å². The summed E-state index contributed by atoms with van der Waals surface area (Å²) in [6, 6.07) is 14.4. The molecule has 0 aliphatic heterocycles. The zero-order valence-corrected chi connectivity index (χ0v) is 16.1. The van der Waals surface area contributed by atoms with Crippen molar-refractivity contribution in [2.75, 3.05) is 24.5 Å². The van der Waals surface area contributed by atoms with Gasteiger partial charge >= 0.3 is 0 Å². The third-order valence-electron chi connectivity index (χ3n) is 3.80. The molecule has 2 aromatic rings. The van der Waals surface area contributed by atoms with Gasteiger partial charge in [0.15, 0.2) is 0 Å². The number of nitrogens with zero attached hydrogens (tertiary/aromatic N) is 2. The van der Waals surface area contributed by atoms with Crippen molar-refractivity contribution in [3.05, 3.63) is 67.8 Å². The molecule has 1 amide bonds. The Hall–Kier alpha value is -2.16. The Morgan fingerprint density at radius 2 is 1.96 bits per heavy atom. The standard InChI is InChI=1S/C18H20IN3O3/c1-2-21(14-7-4-3-5-8-14)12-6-11-20-18(23)16-10-9-15(22(24)25)13-17(16)19/h3-5,7-10,13H,2,6,11-12H2,1H3,(H,20,23). The molecule has 2 aromatic carbocycles. The molecule has 7 heteroatoms. The van der Waals surface area contributed by atoms with Crippen LogP contribution < -0.4 is 10.2 Å². The zero-order valence-electron chi connectivity index (χ0n) is 13.9. The van der Waals surface area contributed by atoms with E-state index in [0.717, 1.165) is 19.5 Å². The van der Waals surface area contributed by atoms with Gasteiger partial charge in [-0.25, -0.2) is 0 Å². The van der Waals surface area contributed by atoms with Crippen LogP contribution in [0.25, 0.3) is 0 Å². The largest absolute Gasteiger partial charge is 0.372 e. The number of hydrogen-bond acceptors (Lipinski definition) is 4. The van der Waals surface area contributed by atoms with Crippen LogP contribution in [0, 0.1) is 13.7 Å². The smallest absolute Gasteiger partial charge is 0.270 e. The van der Waals surface area contributed by atoms with Gasteiger partial charge in [0, 0.05) is 41.0 Å². The van der Waals surface area contributed by atoms with Crippen LogP contribution in [0.1, 0.15) is 23.7 Å². The fraction of sp³-hybridized carbons (Fsp3) is 0.278. The molecule has 0 unspecified atom stereocenters. The SMILES string of the molecule is CCN(CCCNC(=O)c1ccc([N+](=O)[O-])cc1I)c1ccccc1. The monoisotopic (exact) mass is 453 g/mol. The number of halogens is 1. The summed E-state index contributed by atoms with van der Waals surface area (Å²) in [6.07, 6.45) is 0.817. The van der Waals surface area contributed by atoms with Gasteiger partial charge in [0.1, 0.15) is 0 Å². The van der Waals surface area contributed by atoms with Crippen molar-refractivity contribution in [1.29, 1.82) is 0 Å². The number of hydrogen-bond donors (Lipinski definition) is 1. The van der Waals surface area contributed by atoms with E-state index in [1.165, 1.54) is 23.9 Å². The van der Waals surface area contributed by atoms with Crippen LogP contribution in [0.15, 0.2) is 48.5 Å². The predicted molar refractivity (Wildman–Crippen MR) is 107 cm³/mol. The second-order valence-corrected chi connectivity index (χ2v) is 6.61. The van der Waals surface area contributed by atoms with E-state index >= 15 is 0 Å². The van der Waals surface area contributed by atoms with Crippen molar-refractivity contribution in [2.45, 2.75) is 13.3 Å². The lowest BCUT2D eigenvalue weighted by atomic mass is 10.2. The van der Waals surface area contributed by atoms with Crippen molar-refractivity contribution >= 4 is 39.9 Å². The van der Waals surface area contributed by atoms with Gasteiger partial charge in [-0.2, -0.15) is 0 Å². The summed E-state index contributed by atoms with van der Waals surface area (Å²) in [5.41, 5.74) is 1.62. The Balaban J connectivity index is 1.85. The lowest BCUT2D eigenvalue weighted by Crippen LogP contribution is -2.30. The summed E-state index contributed by atoms with van der Waals surface area (Å²) in [5.74, 6) is -0.206. The van der Waals surface area contributed by atoms with Crippen LogP contribution >= 0.6 is 22.6 Å².